The van der Waals surface area contributed by atoms with Crippen molar-refractivity contribution in [1.29, 1.82) is 0 Å². The topological polar surface area (TPSA) is 0 Å². The van der Waals surface area contributed by atoms with E-state index in [0.29, 0.717) is 0 Å². The van der Waals surface area contributed by atoms with Gasteiger partial charge >= 0.3 is 0 Å². The molecular formula is C23H28F2. The Hall–Kier alpha value is -1.70. The van der Waals surface area contributed by atoms with Crippen LogP contribution in [0.5, 0.6) is 0 Å². The average molecular weight is 342 g/mol. The zero-order valence-electron chi connectivity index (χ0n) is 15.1. The van der Waals surface area contributed by atoms with Gasteiger partial charge in [-0.05, 0) is 53.5 Å². The highest BCUT2D eigenvalue weighted by Gasteiger charge is 2.20. The third kappa shape index (κ3) is 4.90. The molecule has 0 aliphatic heterocycles. The van der Waals surface area contributed by atoms with Gasteiger partial charge in [0.15, 0.2) is 11.6 Å². The smallest absolute Gasteiger partial charge is 0.159 e. The Morgan fingerprint density at radius 3 is 1.96 bits per heavy atom. The van der Waals surface area contributed by atoms with Crippen molar-refractivity contribution in [2.24, 2.45) is 11.8 Å². The molecule has 0 amide bonds. The molecule has 0 N–H and O–H groups in total. The van der Waals surface area contributed by atoms with Crippen LogP contribution in [0.2, 0.25) is 0 Å². The number of hydrogen-bond acceptors (Lipinski definition) is 0. The van der Waals surface area contributed by atoms with Crippen molar-refractivity contribution in [3.63, 3.8) is 0 Å². The summed E-state index contributed by atoms with van der Waals surface area (Å²) < 4.78 is 26.4. The van der Waals surface area contributed by atoms with Crippen molar-refractivity contribution < 1.29 is 8.78 Å². The fourth-order valence-corrected chi connectivity index (χ4v) is 4.13. The summed E-state index contributed by atoms with van der Waals surface area (Å²) in [6.45, 7) is 2.29. The number of rotatable bonds is 6. The molecule has 0 heterocycles. The molecule has 0 nitrogen and oxygen atoms in total. The molecule has 0 spiro atoms. The Morgan fingerprint density at radius 2 is 1.36 bits per heavy atom. The normalized spacial score (nSPS) is 20.6. The molecule has 0 radical (unpaired) electrons. The maximum atomic E-state index is 13.4. The number of aryl methyl sites for hydroxylation is 1. The van der Waals surface area contributed by atoms with Gasteiger partial charge in [0.25, 0.3) is 0 Å². The van der Waals surface area contributed by atoms with E-state index in [-0.39, 0.29) is 0 Å². The standard InChI is InChI=1S/C23H28F2/c1-2-3-17-4-6-18(7-5-17)8-9-19-10-12-20(13-11-19)21-14-15-22(24)23(25)16-21/h10-18H,2-9H2,1H3. The Balaban J connectivity index is 1.52. The molecule has 0 bridgehead atoms. The van der Waals surface area contributed by atoms with E-state index in [4.69, 9.17) is 0 Å². The zero-order chi connectivity index (χ0) is 17.6. The number of hydrogen-bond donors (Lipinski definition) is 0. The van der Waals surface area contributed by atoms with E-state index in [9.17, 15) is 8.78 Å². The first-order valence-electron chi connectivity index (χ1n) is 9.70. The summed E-state index contributed by atoms with van der Waals surface area (Å²) in [6, 6.07) is 12.4. The third-order valence-corrected chi connectivity index (χ3v) is 5.71. The lowest BCUT2D eigenvalue weighted by Gasteiger charge is -2.28. The van der Waals surface area contributed by atoms with Crippen LogP contribution in [0.4, 0.5) is 8.78 Å². The first-order valence-corrected chi connectivity index (χ1v) is 9.70. The molecule has 0 saturated heterocycles. The number of benzene rings is 2. The minimum absolute atomic E-state index is 0.722. The summed E-state index contributed by atoms with van der Waals surface area (Å²) in [5.41, 5.74) is 2.99. The third-order valence-electron chi connectivity index (χ3n) is 5.71. The Labute approximate surface area is 150 Å². The van der Waals surface area contributed by atoms with E-state index in [2.05, 4.69) is 19.1 Å². The molecule has 1 aliphatic carbocycles. The summed E-state index contributed by atoms with van der Waals surface area (Å²) in [4.78, 5) is 0. The van der Waals surface area contributed by atoms with E-state index in [1.165, 1.54) is 62.6 Å². The van der Waals surface area contributed by atoms with Crippen molar-refractivity contribution in [1.82, 2.24) is 0 Å². The van der Waals surface area contributed by atoms with E-state index in [1.54, 1.807) is 6.07 Å². The van der Waals surface area contributed by atoms with Crippen LogP contribution >= 0.6 is 0 Å². The van der Waals surface area contributed by atoms with E-state index >= 15 is 0 Å². The highest BCUT2D eigenvalue weighted by Crippen LogP contribution is 2.34. The quantitative estimate of drug-likeness (QED) is 0.522. The maximum absolute atomic E-state index is 13.4. The van der Waals surface area contributed by atoms with Gasteiger partial charge in [0.05, 0.1) is 0 Å². The fraction of sp³-hybridized carbons (Fsp3) is 0.478. The monoisotopic (exact) mass is 342 g/mol. The molecule has 25 heavy (non-hydrogen) atoms. The Morgan fingerprint density at radius 1 is 0.760 bits per heavy atom. The number of halogens is 2. The van der Waals surface area contributed by atoms with Gasteiger partial charge in [0.1, 0.15) is 0 Å². The van der Waals surface area contributed by atoms with Gasteiger partial charge < -0.3 is 0 Å². The van der Waals surface area contributed by atoms with Crippen LogP contribution in [0, 0.1) is 23.5 Å². The molecule has 1 saturated carbocycles. The fourth-order valence-electron chi connectivity index (χ4n) is 4.13. The van der Waals surface area contributed by atoms with Gasteiger partial charge in [-0.15, -0.1) is 0 Å². The van der Waals surface area contributed by atoms with Gasteiger partial charge in [0, 0.05) is 0 Å². The van der Waals surface area contributed by atoms with Crippen molar-refractivity contribution in [3.05, 3.63) is 59.7 Å². The van der Waals surface area contributed by atoms with Crippen molar-refractivity contribution >= 4 is 0 Å². The molecule has 134 valence electrons. The van der Waals surface area contributed by atoms with Gasteiger partial charge in [-0.25, -0.2) is 8.78 Å². The van der Waals surface area contributed by atoms with Crippen molar-refractivity contribution in [2.45, 2.75) is 58.3 Å². The van der Waals surface area contributed by atoms with E-state index in [1.807, 2.05) is 12.1 Å². The van der Waals surface area contributed by atoms with E-state index in [0.717, 1.165) is 29.4 Å². The largest absolute Gasteiger partial charge is 0.204 e. The lowest BCUT2D eigenvalue weighted by molar-refractivity contribution is 0.252. The molecule has 1 aliphatic rings. The predicted octanol–water partition coefficient (Wildman–Crippen LogP) is 7.17. The summed E-state index contributed by atoms with van der Waals surface area (Å²) >= 11 is 0. The summed E-state index contributed by atoms with van der Waals surface area (Å²) in [6.07, 6.45) is 10.7. The SMILES string of the molecule is CCCC1CCC(CCc2ccc(-c3ccc(F)c(F)c3)cc2)CC1. The van der Waals surface area contributed by atoms with Crippen LogP contribution in [0.3, 0.4) is 0 Å². The van der Waals surface area contributed by atoms with Gasteiger partial charge in [-0.3, -0.25) is 0 Å². The van der Waals surface area contributed by atoms with Gasteiger partial charge in [-0.1, -0.05) is 75.8 Å². The molecular weight excluding hydrogens is 314 g/mol. The van der Waals surface area contributed by atoms with Crippen LogP contribution in [-0.2, 0) is 6.42 Å². The molecule has 0 atom stereocenters. The second-order valence-corrected chi connectivity index (χ2v) is 7.54. The molecule has 0 unspecified atom stereocenters. The van der Waals surface area contributed by atoms with Crippen molar-refractivity contribution in [2.75, 3.05) is 0 Å². The van der Waals surface area contributed by atoms with Crippen LogP contribution in [-0.4, -0.2) is 0 Å². The molecule has 3 rings (SSSR count). The molecule has 2 aromatic rings. The molecule has 2 aromatic carbocycles. The Kier molecular flexibility index (Phi) is 6.23. The van der Waals surface area contributed by atoms with E-state index < -0.39 is 11.6 Å². The van der Waals surface area contributed by atoms with Gasteiger partial charge in [-0.2, -0.15) is 0 Å². The minimum Gasteiger partial charge on any atom is -0.204 e. The molecule has 1 fully saturated rings. The van der Waals surface area contributed by atoms with Gasteiger partial charge in [0.2, 0.25) is 0 Å². The molecule has 2 heteroatoms. The lowest BCUT2D eigenvalue weighted by Crippen LogP contribution is -2.15. The minimum atomic E-state index is -0.797. The lowest BCUT2D eigenvalue weighted by atomic mass is 9.78. The second kappa shape index (κ2) is 8.60. The zero-order valence-corrected chi connectivity index (χ0v) is 15.1. The first kappa shape index (κ1) is 18.1. The second-order valence-electron chi connectivity index (χ2n) is 7.54. The average Bonchev–Trinajstić information content (AvgIpc) is 2.64. The predicted molar refractivity (Wildman–Crippen MR) is 100 cm³/mol. The maximum Gasteiger partial charge on any atom is 0.159 e. The first-order chi connectivity index (χ1) is 12.2. The van der Waals surface area contributed by atoms with Crippen LogP contribution < -0.4 is 0 Å². The highest BCUT2D eigenvalue weighted by molar-refractivity contribution is 5.63. The van der Waals surface area contributed by atoms with Crippen LogP contribution in [0.15, 0.2) is 42.5 Å². The summed E-state index contributed by atoms with van der Waals surface area (Å²) in [5.74, 6) is 0.255. The van der Waals surface area contributed by atoms with Crippen molar-refractivity contribution in [3.8, 4) is 11.1 Å². The summed E-state index contributed by atoms with van der Waals surface area (Å²) in [7, 11) is 0. The Bertz CT molecular complexity index is 667. The molecule has 0 aromatic heterocycles. The van der Waals surface area contributed by atoms with Crippen LogP contribution in [0.25, 0.3) is 11.1 Å². The summed E-state index contributed by atoms with van der Waals surface area (Å²) in [5, 5.41) is 0. The van der Waals surface area contributed by atoms with Crippen LogP contribution in [0.1, 0.15) is 57.4 Å². The highest BCUT2D eigenvalue weighted by atomic mass is 19.2.